The molecule has 1 fully saturated rings. The third kappa shape index (κ3) is 3.72. The molecule has 4 heteroatoms. The van der Waals surface area contributed by atoms with Crippen LogP contribution in [0, 0.1) is 11.7 Å². The van der Waals surface area contributed by atoms with Crippen molar-refractivity contribution in [1.29, 1.82) is 0 Å². The van der Waals surface area contributed by atoms with Gasteiger partial charge in [0.1, 0.15) is 5.82 Å². The fourth-order valence-electron chi connectivity index (χ4n) is 3.23. The summed E-state index contributed by atoms with van der Waals surface area (Å²) in [5, 5.41) is 11.0. The van der Waals surface area contributed by atoms with Crippen molar-refractivity contribution in [3.05, 3.63) is 34.6 Å². The predicted octanol–water partition coefficient (Wildman–Crippen LogP) is 3.85. The van der Waals surface area contributed by atoms with Gasteiger partial charge in [-0.25, -0.2) is 4.39 Å². The van der Waals surface area contributed by atoms with Crippen LogP contribution in [0.3, 0.4) is 0 Å². The molecule has 0 radical (unpaired) electrons. The molecule has 112 valence electrons. The number of nitrogens with two attached hydrogens (primary N) is 1. The molecule has 0 aromatic heterocycles. The summed E-state index contributed by atoms with van der Waals surface area (Å²) in [6.07, 6.45) is 6.39. The largest absolute Gasteiger partial charge is 0.392 e. The Hall–Kier alpha value is -0.640. The summed E-state index contributed by atoms with van der Waals surface area (Å²) in [5.74, 6) is -0.308. The highest BCUT2D eigenvalue weighted by atomic mass is 35.5. The van der Waals surface area contributed by atoms with Crippen molar-refractivity contribution in [3.8, 4) is 0 Å². The Bertz CT molecular complexity index is 432. The van der Waals surface area contributed by atoms with E-state index in [9.17, 15) is 9.50 Å². The molecule has 1 aromatic rings. The fraction of sp³-hybridized carbons (Fsp3) is 0.625. The van der Waals surface area contributed by atoms with Gasteiger partial charge in [0.25, 0.3) is 0 Å². The first-order chi connectivity index (χ1) is 9.63. The summed E-state index contributed by atoms with van der Waals surface area (Å²) >= 11 is 6.11. The topological polar surface area (TPSA) is 46.2 Å². The Morgan fingerprint density at radius 2 is 1.90 bits per heavy atom. The SMILES string of the molecule is NCC(c1ccc(F)cc1Cl)C(O)C1CCCCCC1. The molecule has 0 heterocycles. The molecule has 1 aliphatic rings. The van der Waals surface area contributed by atoms with Crippen LogP contribution in [-0.2, 0) is 0 Å². The van der Waals surface area contributed by atoms with Crippen molar-refractivity contribution in [2.75, 3.05) is 6.54 Å². The minimum absolute atomic E-state index is 0.216. The van der Waals surface area contributed by atoms with E-state index in [0.717, 1.165) is 31.2 Å². The highest BCUT2D eigenvalue weighted by Gasteiger charge is 2.29. The molecule has 0 amide bonds. The molecule has 1 aliphatic carbocycles. The Labute approximate surface area is 125 Å². The number of hydrogen-bond acceptors (Lipinski definition) is 2. The van der Waals surface area contributed by atoms with E-state index < -0.39 is 6.10 Å². The highest BCUT2D eigenvalue weighted by Crippen LogP contribution is 2.35. The molecular weight excluding hydrogens is 277 g/mol. The number of halogens is 2. The van der Waals surface area contributed by atoms with Crippen LogP contribution >= 0.6 is 11.6 Å². The number of aliphatic hydroxyl groups excluding tert-OH is 1. The summed E-state index contributed by atoms with van der Waals surface area (Å²) in [6, 6.07) is 4.32. The molecule has 2 unspecified atom stereocenters. The van der Waals surface area contributed by atoms with E-state index in [1.807, 2.05) is 0 Å². The van der Waals surface area contributed by atoms with Gasteiger partial charge < -0.3 is 10.8 Å². The molecular formula is C16H23ClFNO. The maximum atomic E-state index is 13.1. The maximum absolute atomic E-state index is 13.1. The average Bonchev–Trinajstić information content (AvgIpc) is 2.70. The Morgan fingerprint density at radius 3 is 2.45 bits per heavy atom. The van der Waals surface area contributed by atoms with Gasteiger partial charge in [0.05, 0.1) is 6.10 Å². The van der Waals surface area contributed by atoms with E-state index in [1.165, 1.54) is 25.0 Å². The van der Waals surface area contributed by atoms with Crippen molar-refractivity contribution < 1.29 is 9.50 Å². The lowest BCUT2D eigenvalue weighted by atomic mass is 9.82. The number of hydrogen-bond donors (Lipinski definition) is 2. The Kier molecular flexibility index (Phi) is 5.82. The molecule has 1 saturated carbocycles. The molecule has 1 aromatic carbocycles. The zero-order valence-corrected chi connectivity index (χ0v) is 12.5. The van der Waals surface area contributed by atoms with Gasteiger partial charge in [0.2, 0.25) is 0 Å². The average molecular weight is 300 g/mol. The van der Waals surface area contributed by atoms with Gasteiger partial charge in [-0.2, -0.15) is 0 Å². The van der Waals surface area contributed by atoms with Gasteiger partial charge in [0, 0.05) is 17.5 Å². The summed E-state index contributed by atoms with van der Waals surface area (Å²) in [5.41, 5.74) is 6.60. The highest BCUT2D eigenvalue weighted by molar-refractivity contribution is 6.31. The minimum Gasteiger partial charge on any atom is -0.392 e. The van der Waals surface area contributed by atoms with Gasteiger partial charge in [-0.3, -0.25) is 0 Å². The van der Waals surface area contributed by atoms with Crippen molar-refractivity contribution in [2.24, 2.45) is 11.7 Å². The zero-order valence-electron chi connectivity index (χ0n) is 11.7. The third-order valence-corrected chi connectivity index (χ3v) is 4.74. The van der Waals surface area contributed by atoms with Crippen LogP contribution < -0.4 is 5.73 Å². The van der Waals surface area contributed by atoms with Crippen LogP contribution in [0.15, 0.2) is 18.2 Å². The summed E-state index contributed by atoms with van der Waals surface area (Å²) in [7, 11) is 0. The van der Waals surface area contributed by atoms with Crippen molar-refractivity contribution >= 4 is 11.6 Å². The van der Waals surface area contributed by atoms with Gasteiger partial charge in [-0.15, -0.1) is 0 Å². The van der Waals surface area contributed by atoms with E-state index >= 15 is 0 Å². The molecule has 2 nitrogen and oxygen atoms in total. The van der Waals surface area contributed by atoms with Crippen molar-refractivity contribution in [1.82, 2.24) is 0 Å². The Morgan fingerprint density at radius 1 is 1.25 bits per heavy atom. The zero-order chi connectivity index (χ0) is 14.5. The van der Waals surface area contributed by atoms with Crippen LogP contribution in [-0.4, -0.2) is 17.8 Å². The van der Waals surface area contributed by atoms with E-state index in [2.05, 4.69) is 0 Å². The van der Waals surface area contributed by atoms with Crippen molar-refractivity contribution in [3.63, 3.8) is 0 Å². The second-order valence-electron chi connectivity index (χ2n) is 5.75. The minimum atomic E-state index is -0.499. The van der Waals surface area contributed by atoms with Crippen LogP contribution in [0.2, 0.25) is 5.02 Å². The lowest BCUT2D eigenvalue weighted by Crippen LogP contribution is -2.32. The standard InChI is InChI=1S/C16H23ClFNO/c17-15-9-12(18)7-8-13(15)14(10-19)16(20)11-5-3-1-2-4-6-11/h7-9,11,14,16,20H,1-6,10,19H2. The molecule has 0 saturated heterocycles. The maximum Gasteiger partial charge on any atom is 0.124 e. The molecule has 0 aliphatic heterocycles. The van der Waals surface area contributed by atoms with Crippen molar-refractivity contribution in [2.45, 2.75) is 50.5 Å². The lowest BCUT2D eigenvalue weighted by molar-refractivity contribution is 0.0742. The predicted molar refractivity (Wildman–Crippen MR) is 80.4 cm³/mol. The van der Waals surface area contributed by atoms with E-state index in [4.69, 9.17) is 17.3 Å². The summed E-state index contributed by atoms with van der Waals surface area (Å²) < 4.78 is 13.1. The van der Waals surface area contributed by atoms with Gasteiger partial charge >= 0.3 is 0 Å². The molecule has 20 heavy (non-hydrogen) atoms. The summed E-state index contributed by atoms with van der Waals surface area (Å²) in [6.45, 7) is 0.322. The first kappa shape index (κ1) is 15.7. The number of aliphatic hydroxyl groups is 1. The normalized spacial score (nSPS) is 20.4. The molecule has 2 rings (SSSR count). The smallest absolute Gasteiger partial charge is 0.124 e. The first-order valence-electron chi connectivity index (χ1n) is 7.46. The molecule has 0 bridgehead atoms. The first-order valence-corrected chi connectivity index (χ1v) is 7.84. The second-order valence-corrected chi connectivity index (χ2v) is 6.16. The lowest BCUT2D eigenvalue weighted by Gasteiger charge is -2.29. The molecule has 3 N–H and O–H groups in total. The second kappa shape index (κ2) is 7.39. The molecule has 2 atom stereocenters. The molecule has 0 spiro atoms. The number of benzene rings is 1. The van der Waals surface area contributed by atoms with E-state index in [-0.39, 0.29) is 17.7 Å². The number of rotatable bonds is 4. The third-order valence-electron chi connectivity index (χ3n) is 4.41. The van der Waals surface area contributed by atoms with E-state index in [1.54, 1.807) is 6.07 Å². The van der Waals surface area contributed by atoms with E-state index in [0.29, 0.717) is 11.6 Å². The van der Waals surface area contributed by atoms with Gasteiger partial charge in [-0.1, -0.05) is 43.4 Å². The fourth-order valence-corrected chi connectivity index (χ4v) is 3.54. The van der Waals surface area contributed by atoms with Crippen LogP contribution in [0.4, 0.5) is 4.39 Å². The van der Waals surface area contributed by atoms with Crippen LogP contribution in [0.5, 0.6) is 0 Å². The van der Waals surface area contributed by atoms with Crippen LogP contribution in [0.25, 0.3) is 0 Å². The Balaban J connectivity index is 2.17. The van der Waals surface area contributed by atoms with Gasteiger partial charge in [0.15, 0.2) is 0 Å². The summed E-state index contributed by atoms with van der Waals surface area (Å²) in [4.78, 5) is 0. The van der Waals surface area contributed by atoms with Gasteiger partial charge in [-0.05, 0) is 36.5 Å². The monoisotopic (exact) mass is 299 g/mol. The van der Waals surface area contributed by atoms with Crippen LogP contribution in [0.1, 0.15) is 50.0 Å². The quantitative estimate of drug-likeness (QED) is 0.830.